The van der Waals surface area contributed by atoms with Crippen LogP contribution in [-0.4, -0.2) is 27.4 Å². The lowest BCUT2D eigenvalue weighted by Crippen LogP contribution is -2.15. The van der Waals surface area contributed by atoms with Crippen LogP contribution in [0.3, 0.4) is 0 Å². The lowest BCUT2D eigenvalue weighted by Gasteiger charge is -2.05. The molecule has 0 aliphatic carbocycles. The minimum Gasteiger partial charge on any atom is -0.370 e. The molecule has 0 aliphatic rings. The molecule has 92 valence electrons. The zero-order valence-electron chi connectivity index (χ0n) is 9.92. The summed E-state index contributed by atoms with van der Waals surface area (Å²) in [7, 11) is 0. The van der Waals surface area contributed by atoms with Gasteiger partial charge in [-0.05, 0) is 19.1 Å². The Morgan fingerprint density at radius 1 is 1.28 bits per heavy atom. The van der Waals surface area contributed by atoms with Gasteiger partial charge in [-0.2, -0.15) is 0 Å². The first-order valence-corrected chi connectivity index (χ1v) is 5.58. The molecule has 6 nitrogen and oxygen atoms in total. The van der Waals surface area contributed by atoms with Gasteiger partial charge in [0.25, 0.3) is 5.91 Å². The van der Waals surface area contributed by atoms with Crippen molar-refractivity contribution in [2.24, 2.45) is 0 Å². The molecule has 0 radical (unpaired) electrons. The van der Waals surface area contributed by atoms with Crippen molar-refractivity contribution in [2.75, 3.05) is 17.2 Å². The molecule has 0 aliphatic heterocycles. The lowest BCUT2D eigenvalue weighted by atomic mass is 10.3. The smallest absolute Gasteiger partial charge is 0.275 e. The van der Waals surface area contributed by atoms with E-state index in [0.717, 1.165) is 6.54 Å². The highest BCUT2D eigenvalue weighted by Crippen LogP contribution is 2.07. The molecule has 0 aromatic carbocycles. The van der Waals surface area contributed by atoms with Gasteiger partial charge >= 0.3 is 0 Å². The van der Waals surface area contributed by atoms with Crippen LogP contribution in [0.15, 0.2) is 36.8 Å². The van der Waals surface area contributed by atoms with Gasteiger partial charge < -0.3 is 10.6 Å². The summed E-state index contributed by atoms with van der Waals surface area (Å²) >= 11 is 0. The van der Waals surface area contributed by atoms with Crippen LogP contribution in [0.2, 0.25) is 0 Å². The Kier molecular flexibility index (Phi) is 3.80. The number of nitrogens with one attached hydrogen (secondary N) is 2. The monoisotopic (exact) mass is 243 g/mol. The molecule has 6 heteroatoms. The molecule has 2 rings (SSSR count). The quantitative estimate of drug-likeness (QED) is 0.851. The fourth-order valence-electron chi connectivity index (χ4n) is 1.38. The van der Waals surface area contributed by atoms with Crippen LogP contribution in [0.4, 0.5) is 11.6 Å². The summed E-state index contributed by atoms with van der Waals surface area (Å²) in [6, 6.07) is 5.23. The average molecular weight is 243 g/mol. The van der Waals surface area contributed by atoms with Gasteiger partial charge in [-0.15, -0.1) is 0 Å². The molecule has 0 spiro atoms. The first kappa shape index (κ1) is 12.0. The summed E-state index contributed by atoms with van der Waals surface area (Å²) in [6.45, 7) is 2.72. The normalized spacial score (nSPS) is 9.83. The first-order chi connectivity index (χ1) is 8.79. The van der Waals surface area contributed by atoms with Crippen molar-refractivity contribution in [1.82, 2.24) is 15.0 Å². The van der Waals surface area contributed by atoms with Crippen molar-refractivity contribution in [3.8, 4) is 0 Å². The molecule has 0 atom stereocenters. The van der Waals surface area contributed by atoms with E-state index in [9.17, 15) is 4.79 Å². The van der Waals surface area contributed by atoms with E-state index in [4.69, 9.17) is 0 Å². The highest BCUT2D eigenvalue weighted by Gasteiger charge is 2.08. The van der Waals surface area contributed by atoms with Gasteiger partial charge in [0.1, 0.15) is 11.5 Å². The lowest BCUT2D eigenvalue weighted by molar-refractivity contribution is 0.102. The predicted octanol–water partition coefficient (Wildman–Crippen LogP) is 1.56. The van der Waals surface area contributed by atoms with Gasteiger partial charge in [-0.25, -0.2) is 9.97 Å². The summed E-state index contributed by atoms with van der Waals surface area (Å²) < 4.78 is 0. The highest BCUT2D eigenvalue weighted by atomic mass is 16.1. The van der Waals surface area contributed by atoms with Crippen molar-refractivity contribution in [2.45, 2.75) is 6.92 Å². The van der Waals surface area contributed by atoms with E-state index in [2.05, 4.69) is 25.6 Å². The van der Waals surface area contributed by atoms with Crippen molar-refractivity contribution >= 4 is 17.5 Å². The van der Waals surface area contributed by atoms with Crippen molar-refractivity contribution in [3.63, 3.8) is 0 Å². The van der Waals surface area contributed by atoms with Crippen LogP contribution in [0.1, 0.15) is 17.4 Å². The Morgan fingerprint density at radius 2 is 2.17 bits per heavy atom. The Labute approximate surface area is 105 Å². The average Bonchev–Trinajstić information content (AvgIpc) is 2.40. The van der Waals surface area contributed by atoms with Gasteiger partial charge in [-0.1, -0.05) is 6.07 Å². The van der Waals surface area contributed by atoms with Crippen LogP contribution in [0, 0.1) is 0 Å². The summed E-state index contributed by atoms with van der Waals surface area (Å²) in [5.74, 6) is 0.762. The molecule has 0 saturated heterocycles. The van der Waals surface area contributed by atoms with Crippen molar-refractivity contribution in [1.29, 1.82) is 0 Å². The second-order valence-corrected chi connectivity index (χ2v) is 3.48. The van der Waals surface area contributed by atoms with Crippen LogP contribution >= 0.6 is 0 Å². The van der Waals surface area contributed by atoms with Crippen LogP contribution < -0.4 is 10.6 Å². The number of carbonyl (C=O) groups is 1. The molecule has 2 heterocycles. The van der Waals surface area contributed by atoms with E-state index >= 15 is 0 Å². The third-order valence-electron chi connectivity index (χ3n) is 2.14. The number of hydrogen-bond acceptors (Lipinski definition) is 5. The molecule has 0 unspecified atom stereocenters. The Bertz CT molecular complexity index is 529. The molecule has 18 heavy (non-hydrogen) atoms. The van der Waals surface area contributed by atoms with E-state index in [1.165, 1.54) is 12.4 Å². The van der Waals surface area contributed by atoms with E-state index in [0.29, 0.717) is 17.3 Å². The number of carbonyl (C=O) groups excluding carboxylic acids is 1. The second kappa shape index (κ2) is 5.72. The molecular formula is C12H13N5O. The number of pyridine rings is 1. The van der Waals surface area contributed by atoms with Crippen LogP contribution in [0.25, 0.3) is 0 Å². The Balaban J connectivity index is 2.11. The number of rotatable bonds is 4. The fourth-order valence-corrected chi connectivity index (χ4v) is 1.38. The Hall–Kier alpha value is -2.50. The number of hydrogen-bond donors (Lipinski definition) is 2. The third-order valence-corrected chi connectivity index (χ3v) is 2.14. The van der Waals surface area contributed by atoms with Gasteiger partial charge in [0, 0.05) is 18.9 Å². The predicted molar refractivity (Wildman–Crippen MR) is 68.4 cm³/mol. The van der Waals surface area contributed by atoms with Crippen molar-refractivity contribution < 1.29 is 4.79 Å². The maximum Gasteiger partial charge on any atom is 0.275 e. The van der Waals surface area contributed by atoms with E-state index < -0.39 is 0 Å². The van der Waals surface area contributed by atoms with E-state index in [1.807, 2.05) is 13.0 Å². The number of amides is 1. The first-order valence-electron chi connectivity index (χ1n) is 5.58. The summed E-state index contributed by atoms with van der Waals surface area (Å²) in [6.07, 6.45) is 4.53. The third kappa shape index (κ3) is 3.00. The summed E-state index contributed by atoms with van der Waals surface area (Å²) in [5, 5.41) is 5.67. The minimum atomic E-state index is -0.310. The molecular weight excluding hydrogens is 230 g/mol. The number of nitrogens with zero attached hydrogens (tertiary/aromatic N) is 3. The van der Waals surface area contributed by atoms with Gasteiger partial charge in [0.2, 0.25) is 0 Å². The molecule has 0 fully saturated rings. The molecule has 1 amide bonds. The maximum atomic E-state index is 11.9. The van der Waals surface area contributed by atoms with Crippen molar-refractivity contribution in [3.05, 3.63) is 42.5 Å². The summed E-state index contributed by atoms with van der Waals surface area (Å²) in [4.78, 5) is 23.9. The molecule has 2 aromatic rings. The standard InChI is InChI=1S/C12H13N5O/c1-2-14-10-5-3-4-9(16-10)12(18)17-11-8-13-6-7-15-11/h3-8H,2H2,1H3,(H,14,16)(H,15,17,18). The number of anilines is 2. The maximum absolute atomic E-state index is 11.9. The SMILES string of the molecule is CCNc1cccc(C(=O)Nc2cnccn2)n1. The summed E-state index contributed by atoms with van der Waals surface area (Å²) in [5.41, 5.74) is 0.333. The highest BCUT2D eigenvalue weighted by molar-refractivity contribution is 6.02. The topological polar surface area (TPSA) is 79.8 Å². The Morgan fingerprint density at radius 3 is 2.89 bits per heavy atom. The van der Waals surface area contributed by atoms with E-state index in [-0.39, 0.29) is 5.91 Å². The zero-order valence-corrected chi connectivity index (χ0v) is 9.92. The van der Waals surface area contributed by atoms with E-state index in [1.54, 1.807) is 18.3 Å². The minimum absolute atomic E-state index is 0.310. The number of aromatic nitrogens is 3. The fraction of sp³-hybridized carbons (Fsp3) is 0.167. The van der Waals surface area contributed by atoms with Gasteiger partial charge in [-0.3, -0.25) is 9.78 Å². The largest absolute Gasteiger partial charge is 0.370 e. The second-order valence-electron chi connectivity index (χ2n) is 3.48. The molecule has 0 saturated carbocycles. The van der Waals surface area contributed by atoms with Gasteiger partial charge in [0.15, 0.2) is 5.82 Å². The van der Waals surface area contributed by atoms with Gasteiger partial charge in [0.05, 0.1) is 6.20 Å². The zero-order chi connectivity index (χ0) is 12.8. The molecule has 0 bridgehead atoms. The molecule has 2 N–H and O–H groups in total. The van der Waals surface area contributed by atoms with Crippen LogP contribution in [0.5, 0.6) is 0 Å². The van der Waals surface area contributed by atoms with Crippen LogP contribution in [-0.2, 0) is 0 Å². The molecule has 2 aromatic heterocycles.